The number of aromatic carboxylic acids is 1. The number of hydrogen-bond acceptors (Lipinski definition) is 3. The summed E-state index contributed by atoms with van der Waals surface area (Å²) in [6, 6.07) is 3.69. The number of carboxylic acid groups (broad SMARTS) is 1. The van der Waals surface area contributed by atoms with Crippen molar-refractivity contribution in [1.82, 2.24) is 5.32 Å². The van der Waals surface area contributed by atoms with Crippen LogP contribution in [-0.4, -0.2) is 23.2 Å². The fourth-order valence-corrected chi connectivity index (χ4v) is 1.18. The highest BCUT2D eigenvalue weighted by Gasteiger charge is 2.38. The molecule has 8 heteroatoms. The normalized spacial score (nSPS) is 11.1. The Hall–Kier alpha value is -2.25. The molecule has 0 heterocycles. The van der Waals surface area contributed by atoms with Gasteiger partial charge >= 0.3 is 18.1 Å². The van der Waals surface area contributed by atoms with Gasteiger partial charge < -0.3 is 16.2 Å². The first-order valence-electron chi connectivity index (χ1n) is 4.68. The summed E-state index contributed by atoms with van der Waals surface area (Å²) in [6.45, 7) is -0.432. The molecule has 1 aromatic rings. The summed E-state index contributed by atoms with van der Waals surface area (Å²) in [7, 11) is 0. The Morgan fingerprint density at radius 3 is 2.44 bits per heavy atom. The van der Waals surface area contributed by atoms with E-state index in [0.29, 0.717) is 0 Å². The van der Waals surface area contributed by atoms with Crippen molar-refractivity contribution in [1.29, 1.82) is 0 Å². The lowest BCUT2D eigenvalue weighted by atomic mass is 10.1. The molecule has 0 aliphatic rings. The molecule has 0 saturated heterocycles. The number of nitrogens with two attached hydrogens (primary N) is 1. The molecule has 5 nitrogen and oxygen atoms in total. The standard InChI is InChI=1S/C10H9F3N2O3/c11-10(12,13)9(18)15-4-5-1-2-7(14)6(3-5)8(16)17/h1-3H,4,14H2,(H,15,18)(H,16,17). The quantitative estimate of drug-likeness (QED) is 0.712. The van der Waals surface area contributed by atoms with Crippen LogP contribution in [0.4, 0.5) is 18.9 Å². The minimum Gasteiger partial charge on any atom is -0.478 e. The number of benzene rings is 1. The number of anilines is 1. The molecule has 0 aliphatic heterocycles. The summed E-state index contributed by atoms with van der Waals surface area (Å²) >= 11 is 0. The van der Waals surface area contributed by atoms with E-state index in [2.05, 4.69) is 0 Å². The molecule has 1 rings (SSSR count). The van der Waals surface area contributed by atoms with E-state index in [4.69, 9.17) is 10.8 Å². The van der Waals surface area contributed by atoms with Crippen molar-refractivity contribution >= 4 is 17.6 Å². The Morgan fingerprint density at radius 1 is 1.33 bits per heavy atom. The third-order valence-corrected chi connectivity index (χ3v) is 2.06. The first-order chi connectivity index (χ1) is 8.21. The Kier molecular flexibility index (Phi) is 3.79. The van der Waals surface area contributed by atoms with Crippen molar-refractivity contribution in [2.24, 2.45) is 0 Å². The first kappa shape index (κ1) is 13.8. The van der Waals surface area contributed by atoms with Crippen molar-refractivity contribution in [2.75, 3.05) is 5.73 Å². The molecule has 0 radical (unpaired) electrons. The highest BCUT2D eigenvalue weighted by molar-refractivity contribution is 5.93. The van der Waals surface area contributed by atoms with Crippen LogP contribution in [0, 0.1) is 0 Å². The second-order valence-electron chi connectivity index (χ2n) is 3.41. The van der Waals surface area contributed by atoms with Gasteiger partial charge in [-0.05, 0) is 17.7 Å². The lowest BCUT2D eigenvalue weighted by molar-refractivity contribution is -0.173. The van der Waals surface area contributed by atoms with E-state index in [1.54, 1.807) is 5.32 Å². The minimum atomic E-state index is -4.97. The van der Waals surface area contributed by atoms with Crippen molar-refractivity contribution in [2.45, 2.75) is 12.7 Å². The van der Waals surface area contributed by atoms with Crippen LogP contribution in [0.3, 0.4) is 0 Å². The van der Waals surface area contributed by atoms with E-state index < -0.39 is 24.6 Å². The summed E-state index contributed by atoms with van der Waals surface area (Å²) in [5.41, 5.74) is 5.34. The lowest BCUT2D eigenvalue weighted by Gasteiger charge is -2.09. The average molecular weight is 262 g/mol. The second-order valence-corrected chi connectivity index (χ2v) is 3.41. The van der Waals surface area contributed by atoms with Crippen LogP contribution >= 0.6 is 0 Å². The molecule has 0 fully saturated rings. The van der Waals surface area contributed by atoms with Gasteiger partial charge in [0.1, 0.15) is 0 Å². The minimum absolute atomic E-state index is 0.00611. The Balaban J connectivity index is 2.78. The number of halogens is 3. The van der Waals surface area contributed by atoms with Crippen molar-refractivity contribution in [3.8, 4) is 0 Å². The predicted molar refractivity (Wildman–Crippen MR) is 55.7 cm³/mol. The first-order valence-corrected chi connectivity index (χ1v) is 4.68. The maximum absolute atomic E-state index is 11.9. The van der Waals surface area contributed by atoms with Gasteiger partial charge in [-0.25, -0.2) is 4.79 Å². The van der Waals surface area contributed by atoms with Gasteiger partial charge in [-0.3, -0.25) is 4.79 Å². The monoisotopic (exact) mass is 262 g/mol. The molecule has 0 unspecified atom stereocenters. The van der Waals surface area contributed by atoms with Gasteiger partial charge in [0.15, 0.2) is 0 Å². The zero-order valence-electron chi connectivity index (χ0n) is 8.91. The van der Waals surface area contributed by atoms with Gasteiger partial charge in [-0.15, -0.1) is 0 Å². The van der Waals surface area contributed by atoms with E-state index in [1.165, 1.54) is 12.1 Å². The van der Waals surface area contributed by atoms with Gasteiger partial charge in [0.25, 0.3) is 0 Å². The number of carbonyl (C=O) groups is 2. The van der Waals surface area contributed by atoms with Crippen LogP contribution in [0.1, 0.15) is 15.9 Å². The van der Waals surface area contributed by atoms with Gasteiger partial charge in [-0.1, -0.05) is 6.07 Å². The number of alkyl halides is 3. The number of hydrogen-bond donors (Lipinski definition) is 3. The molecule has 0 atom stereocenters. The predicted octanol–water partition coefficient (Wildman–Crippen LogP) is 1.15. The Bertz CT molecular complexity index is 486. The van der Waals surface area contributed by atoms with Crippen LogP contribution in [0.2, 0.25) is 0 Å². The summed E-state index contributed by atoms with van der Waals surface area (Å²) in [4.78, 5) is 21.3. The molecule has 4 N–H and O–H groups in total. The van der Waals surface area contributed by atoms with Crippen LogP contribution in [-0.2, 0) is 11.3 Å². The largest absolute Gasteiger partial charge is 0.478 e. The third-order valence-electron chi connectivity index (χ3n) is 2.06. The number of rotatable bonds is 3. The van der Waals surface area contributed by atoms with Crippen LogP contribution in [0.15, 0.2) is 18.2 Å². The fourth-order valence-electron chi connectivity index (χ4n) is 1.18. The summed E-state index contributed by atoms with van der Waals surface area (Å²) in [5.74, 6) is -3.38. The van der Waals surface area contributed by atoms with Crippen molar-refractivity contribution < 1.29 is 27.9 Å². The zero-order chi connectivity index (χ0) is 13.9. The molecule has 0 spiro atoms. The molecule has 0 bridgehead atoms. The Labute approximate surface area is 99.4 Å². The maximum atomic E-state index is 11.9. The van der Waals surface area contributed by atoms with E-state index in [-0.39, 0.29) is 16.8 Å². The molecule has 0 aromatic heterocycles. The summed E-state index contributed by atoms with van der Waals surface area (Å²) in [6.07, 6.45) is -4.97. The molecular formula is C10H9F3N2O3. The Morgan fingerprint density at radius 2 is 1.94 bits per heavy atom. The molecule has 0 saturated carbocycles. The summed E-state index contributed by atoms with van der Waals surface area (Å²) in [5, 5.41) is 10.4. The number of nitrogens with one attached hydrogen (secondary N) is 1. The van der Waals surface area contributed by atoms with Crippen molar-refractivity contribution in [3.05, 3.63) is 29.3 Å². The fraction of sp³-hybridized carbons (Fsp3) is 0.200. The summed E-state index contributed by atoms with van der Waals surface area (Å²) < 4.78 is 35.7. The number of nitrogen functional groups attached to an aromatic ring is 1. The number of amides is 1. The number of carbonyl (C=O) groups excluding carboxylic acids is 1. The average Bonchev–Trinajstić information content (AvgIpc) is 2.25. The SMILES string of the molecule is Nc1ccc(CNC(=O)C(F)(F)F)cc1C(=O)O. The van der Waals surface area contributed by atoms with E-state index in [1.807, 2.05) is 0 Å². The van der Waals surface area contributed by atoms with E-state index in [0.717, 1.165) is 6.07 Å². The van der Waals surface area contributed by atoms with Gasteiger partial charge in [0.2, 0.25) is 0 Å². The highest BCUT2D eigenvalue weighted by Crippen LogP contribution is 2.16. The van der Waals surface area contributed by atoms with E-state index in [9.17, 15) is 22.8 Å². The lowest BCUT2D eigenvalue weighted by Crippen LogP contribution is -2.36. The van der Waals surface area contributed by atoms with Gasteiger partial charge in [0, 0.05) is 12.2 Å². The molecular weight excluding hydrogens is 253 g/mol. The topological polar surface area (TPSA) is 92.4 Å². The molecule has 98 valence electrons. The van der Waals surface area contributed by atoms with Crippen LogP contribution in [0.5, 0.6) is 0 Å². The van der Waals surface area contributed by atoms with Gasteiger partial charge in [0.05, 0.1) is 5.56 Å². The highest BCUT2D eigenvalue weighted by atomic mass is 19.4. The van der Waals surface area contributed by atoms with Gasteiger partial charge in [-0.2, -0.15) is 13.2 Å². The maximum Gasteiger partial charge on any atom is 0.471 e. The molecule has 1 amide bonds. The number of carboxylic acids is 1. The molecule has 0 aliphatic carbocycles. The molecule has 18 heavy (non-hydrogen) atoms. The van der Waals surface area contributed by atoms with E-state index >= 15 is 0 Å². The van der Waals surface area contributed by atoms with Crippen LogP contribution < -0.4 is 11.1 Å². The zero-order valence-corrected chi connectivity index (χ0v) is 8.91. The van der Waals surface area contributed by atoms with Crippen LogP contribution in [0.25, 0.3) is 0 Å². The third kappa shape index (κ3) is 3.37. The smallest absolute Gasteiger partial charge is 0.471 e. The van der Waals surface area contributed by atoms with Crippen molar-refractivity contribution in [3.63, 3.8) is 0 Å². The molecule has 1 aromatic carbocycles. The second kappa shape index (κ2) is 4.94.